The van der Waals surface area contributed by atoms with Gasteiger partial charge in [-0.25, -0.2) is 0 Å². The Morgan fingerprint density at radius 2 is 1.91 bits per heavy atom. The molecule has 5 rings (SSSR count). The summed E-state index contributed by atoms with van der Waals surface area (Å²) in [5.41, 5.74) is -0.403. The Hall–Kier alpha value is -0.940. The quantitative estimate of drug-likeness (QED) is 0.747. The minimum absolute atomic E-state index is 0.101. The monoisotopic (exact) mass is 308 g/mol. The SMILES string of the molecule is CC1(C)OCC(COC(=O)C23CC4CC(C2)C(=O)C(C4)C3)O1. The predicted octanol–water partition coefficient (Wildman–Crippen LogP) is 2.08. The number of hydrogen-bond donors (Lipinski definition) is 0. The van der Waals surface area contributed by atoms with Gasteiger partial charge < -0.3 is 14.2 Å². The van der Waals surface area contributed by atoms with E-state index in [4.69, 9.17) is 14.2 Å². The molecule has 22 heavy (non-hydrogen) atoms. The third kappa shape index (κ3) is 2.29. The molecule has 3 unspecified atom stereocenters. The van der Waals surface area contributed by atoms with Gasteiger partial charge in [-0.1, -0.05) is 0 Å². The van der Waals surface area contributed by atoms with Crippen molar-refractivity contribution in [2.75, 3.05) is 13.2 Å². The molecule has 122 valence electrons. The van der Waals surface area contributed by atoms with Crippen LogP contribution in [0.4, 0.5) is 0 Å². The molecule has 0 N–H and O–H groups in total. The third-order valence-electron chi connectivity index (χ3n) is 5.89. The Morgan fingerprint density at radius 3 is 2.50 bits per heavy atom. The fraction of sp³-hybridized carbons (Fsp3) is 0.882. The summed E-state index contributed by atoms with van der Waals surface area (Å²) in [6.07, 6.45) is 4.08. The average molecular weight is 308 g/mol. The minimum atomic E-state index is -0.593. The van der Waals surface area contributed by atoms with E-state index in [1.165, 1.54) is 0 Å². The maximum atomic E-state index is 12.7. The molecule has 5 nitrogen and oxygen atoms in total. The van der Waals surface area contributed by atoms with Gasteiger partial charge in [0.25, 0.3) is 0 Å². The van der Waals surface area contributed by atoms with E-state index in [9.17, 15) is 9.59 Å². The number of carbonyl (C=O) groups is 2. The van der Waals surface area contributed by atoms with Crippen molar-refractivity contribution in [1.82, 2.24) is 0 Å². The number of ether oxygens (including phenoxy) is 3. The molecule has 0 spiro atoms. The number of esters is 1. The van der Waals surface area contributed by atoms with Crippen molar-refractivity contribution < 1.29 is 23.8 Å². The second-order valence-corrected chi connectivity index (χ2v) is 8.08. The van der Waals surface area contributed by atoms with Gasteiger partial charge in [-0.3, -0.25) is 9.59 Å². The largest absolute Gasteiger partial charge is 0.462 e. The molecule has 5 heteroatoms. The third-order valence-corrected chi connectivity index (χ3v) is 5.89. The van der Waals surface area contributed by atoms with Gasteiger partial charge >= 0.3 is 5.97 Å². The molecule has 5 aliphatic rings. The average Bonchev–Trinajstić information content (AvgIpc) is 2.80. The lowest BCUT2D eigenvalue weighted by atomic mass is 9.49. The van der Waals surface area contributed by atoms with E-state index in [0.717, 1.165) is 19.3 Å². The fourth-order valence-electron chi connectivity index (χ4n) is 5.16. The van der Waals surface area contributed by atoms with E-state index in [1.807, 2.05) is 13.8 Å². The van der Waals surface area contributed by atoms with Gasteiger partial charge in [0.1, 0.15) is 18.5 Å². The first-order valence-corrected chi connectivity index (χ1v) is 8.40. The lowest BCUT2D eigenvalue weighted by molar-refractivity contribution is -0.180. The molecule has 4 bridgehead atoms. The molecule has 0 aromatic heterocycles. The van der Waals surface area contributed by atoms with Crippen LogP contribution in [0.25, 0.3) is 0 Å². The summed E-state index contributed by atoms with van der Waals surface area (Å²) in [5, 5.41) is 0. The highest BCUT2D eigenvalue weighted by molar-refractivity contribution is 5.89. The Balaban J connectivity index is 1.40. The van der Waals surface area contributed by atoms with E-state index in [-0.39, 0.29) is 30.5 Å². The molecular weight excluding hydrogens is 284 g/mol. The summed E-state index contributed by atoms with van der Waals surface area (Å²) in [5.74, 6) is 0.422. The zero-order valence-corrected chi connectivity index (χ0v) is 13.3. The lowest BCUT2D eigenvalue weighted by Crippen LogP contribution is -2.55. The maximum absolute atomic E-state index is 12.7. The molecule has 4 aliphatic carbocycles. The zero-order valence-electron chi connectivity index (χ0n) is 13.3. The predicted molar refractivity (Wildman–Crippen MR) is 76.9 cm³/mol. The standard InChI is InChI=1S/C17H24O5/c1-16(2)21-9-13(22-16)8-20-15(19)17-5-10-3-11(6-17)14(18)12(4-10)7-17/h10-13H,3-9H2,1-2H3. The van der Waals surface area contributed by atoms with Gasteiger partial charge in [-0.15, -0.1) is 0 Å². The van der Waals surface area contributed by atoms with Crippen molar-refractivity contribution in [3.8, 4) is 0 Å². The van der Waals surface area contributed by atoms with Crippen LogP contribution in [0.15, 0.2) is 0 Å². The van der Waals surface area contributed by atoms with Crippen molar-refractivity contribution in [3.05, 3.63) is 0 Å². The highest BCUT2D eigenvalue weighted by Gasteiger charge is 2.59. The second-order valence-electron chi connectivity index (χ2n) is 8.08. The minimum Gasteiger partial charge on any atom is -0.462 e. The first-order valence-electron chi connectivity index (χ1n) is 8.40. The molecule has 1 heterocycles. The smallest absolute Gasteiger partial charge is 0.312 e. The summed E-state index contributed by atoms with van der Waals surface area (Å²) < 4.78 is 16.8. The fourth-order valence-corrected chi connectivity index (χ4v) is 5.16. The van der Waals surface area contributed by atoms with Crippen LogP contribution in [0.3, 0.4) is 0 Å². The summed E-state index contributed by atoms with van der Waals surface area (Å²) in [7, 11) is 0. The van der Waals surface area contributed by atoms with Crippen molar-refractivity contribution >= 4 is 11.8 Å². The van der Waals surface area contributed by atoms with Gasteiger partial charge in [0.05, 0.1) is 12.0 Å². The molecule has 1 aliphatic heterocycles. The van der Waals surface area contributed by atoms with Crippen LogP contribution in [-0.4, -0.2) is 36.9 Å². The van der Waals surface area contributed by atoms with E-state index >= 15 is 0 Å². The van der Waals surface area contributed by atoms with Crippen molar-refractivity contribution in [3.63, 3.8) is 0 Å². The number of hydrogen-bond acceptors (Lipinski definition) is 5. The molecule has 0 aromatic rings. The molecular formula is C17H24O5. The van der Waals surface area contributed by atoms with Crippen LogP contribution in [0.2, 0.25) is 0 Å². The maximum Gasteiger partial charge on any atom is 0.312 e. The highest BCUT2D eigenvalue weighted by atomic mass is 16.7. The topological polar surface area (TPSA) is 61.8 Å². The van der Waals surface area contributed by atoms with Gasteiger partial charge in [0.2, 0.25) is 0 Å². The van der Waals surface area contributed by atoms with Crippen molar-refractivity contribution in [2.24, 2.45) is 23.2 Å². The van der Waals surface area contributed by atoms with Crippen LogP contribution >= 0.6 is 0 Å². The van der Waals surface area contributed by atoms with Crippen molar-refractivity contribution in [2.45, 2.75) is 57.8 Å². The van der Waals surface area contributed by atoms with Gasteiger partial charge in [-0.2, -0.15) is 0 Å². The second kappa shape index (κ2) is 4.78. The van der Waals surface area contributed by atoms with Crippen LogP contribution < -0.4 is 0 Å². The van der Waals surface area contributed by atoms with Crippen LogP contribution in [0, 0.1) is 23.2 Å². The molecule has 5 fully saturated rings. The molecule has 4 saturated carbocycles. The Bertz CT molecular complexity index is 493. The van der Waals surface area contributed by atoms with Gasteiger partial charge in [0, 0.05) is 11.8 Å². The normalized spacial score (nSPS) is 45.3. The van der Waals surface area contributed by atoms with Gasteiger partial charge in [0.15, 0.2) is 5.79 Å². The van der Waals surface area contributed by atoms with E-state index in [0.29, 0.717) is 31.1 Å². The first-order chi connectivity index (χ1) is 10.4. The Kier molecular flexibility index (Phi) is 3.18. The number of Topliss-reactive ketones (excluding diaryl/α,β-unsaturated/α-hetero) is 1. The van der Waals surface area contributed by atoms with Crippen molar-refractivity contribution in [1.29, 1.82) is 0 Å². The molecule has 0 aromatic carbocycles. The lowest BCUT2D eigenvalue weighted by Gasteiger charge is -2.53. The summed E-state index contributed by atoms with van der Waals surface area (Å²) >= 11 is 0. The summed E-state index contributed by atoms with van der Waals surface area (Å²) in [6, 6.07) is 0. The van der Waals surface area contributed by atoms with E-state index < -0.39 is 11.2 Å². The molecule has 1 saturated heterocycles. The zero-order chi connectivity index (χ0) is 15.5. The number of rotatable bonds is 3. The Morgan fingerprint density at radius 1 is 1.23 bits per heavy atom. The van der Waals surface area contributed by atoms with E-state index in [1.54, 1.807) is 0 Å². The first kappa shape index (κ1) is 14.6. The number of ketones is 1. The highest BCUT2D eigenvalue weighted by Crippen LogP contribution is 2.59. The molecule has 3 atom stereocenters. The van der Waals surface area contributed by atoms with Crippen LogP contribution in [-0.2, 0) is 23.8 Å². The van der Waals surface area contributed by atoms with Crippen LogP contribution in [0.1, 0.15) is 46.0 Å². The van der Waals surface area contributed by atoms with Gasteiger partial charge in [-0.05, 0) is 51.9 Å². The number of carbonyl (C=O) groups excluding carboxylic acids is 2. The molecule has 0 radical (unpaired) electrons. The molecule has 0 amide bonds. The summed E-state index contributed by atoms with van der Waals surface area (Å²) in [6.45, 7) is 4.43. The summed E-state index contributed by atoms with van der Waals surface area (Å²) in [4.78, 5) is 24.9. The Labute approximate surface area is 130 Å². The van der Waals surface area contributed by atoms with E-state index in [2.05, 4.69) is 0 Å². The van der Waals surface area contributed by atoms with Crippen LogP contribution in [0.5, 0.6) is 0 Å².